The molecular weight excluding hydrogens is 246 g/mol. The van der Waals surface area contributed by atoms with Crippen LogP contribution in [-0.4, -0.2) is 48.2 Å². The van der Waals surface area contributed by atoms with Crippen molar-refractivity contribution >= 4 is 17.7 Å². The van der Waals surface area contributed by atoms with Crippen LogP contribution in [0.3, 0.4) is 0 Å². The average Bonchev–Trinajstić information content (AvgIpc) is 2.36. The summed E-state index contributed by atoms with van der Waals surface area (Å²) in [6.07, 6.45) is 3.41. The van der Waals surface area contributed by atoms with Gasteiger partial charge in [-0.15, -0.1) is 6.58 Å². The molecule has 1 atom stereocenters. The highest BCUT2D eigenvalue weighted by atomic mass is 32.2. The first-order chi connectivity index (χ1) is 8.63. The second-order valence-corrected chi connectivity index (χ2v) is 5.29. The molecule has 0 saturated carbocycles. The molecule has 5 heteroatoms. The molecule has 0 fully saturated rings. The Morgan fingerprint density at radius 3 is 2.94 bits per heavy atom. The van der Waals surface area contributed by atoms with Gasteiger partial charge in [0.05, 0.1) is 5.03 Å². The summed E-state index contributed by atoms with van der Waals surface area (Å²) in [6, 6.07) is 5.70. The van der Waals surface area contributed by atoms with Gasteiger partial charge in [0, 0.05) is 19.3 Å². The molecule has 0 radical (unpaired) electrons. The van der Waals surface area contributed by atoms with E-state index in [0.717, 1.165) is 5.03 Å². The van der Waals surface area contributed by atoms with E-state index in [0.29, 0.717) is 13.1 Å². The average molecular weight is 265 g/mol. The third-order valence-corrected chi connectivity index (χ3v) is 3.28. The molecule has 1 heterocycles. The predicted molar refractivity (Wildman–Crippen MR) is 75.6 cm³/mol. The summed E-state index contributed by atoms with van der Waals surface area (Å²) in [5, 5.41) is 3.51. The zero-order valence-electron chi connectivity index (χ0n) is 10.8. The number of hydrogen-bond acceptors (Lipinski definition) is 4. The molecule has 0 aliphatic carbocycles. The zero-order valence-corrected chi connectivity index (χ0v) is 11.6. The number of carbonyl (C=O) groups excluding carboxylic acids is 1. The van der Waals surface area contributed by atoms with Gasteiger partial charge in [-0.2, -0.15) is 0 Å². The Hall–Kier alpha value is -1.33. The molecule has 0 aliphatic rings. The normalized spacial score (nSPS) is 12.2. The van der Waals surface area contributed by atoms with E-state index in [9.17, 15) is 4.79 Å². The third-order valence-electron chi connectivity index (χ3n) is 2.14. The summed E-state index contributed by atoms with van der Waals surface area (Å²) in [7, 11) is 3.90. The van der Waals surface area contributed by atoms with Gasteiger partial charge in [0.2, 0.25) is 5.91 Å². The molecule has 1 aromatic heterocycles. The first kappa shape index (κ1) is 14.7. The molecule has 1 unspecified atom stereocenters. The molecule has 4 nitrogen and oxygen atoms in total. The molecular formula is C13H19N3OS. The van der Waals surface area contributed by atoms with Crippen LogP contribution in [0.5, 0.6) is 0 Å². The Morgan fingerprint density at radius 2 is 2.39 bits per heavy atom. The third kappa shape index (κ3) is 5.33. The van der Waals surface area contributed by atoms with Gasteiger partial charge >= 0.3 is 0 Å². The summed E-state index contributed by atoms with van der Waals surface area (Å²) < 4.78 is 0. The minimum absolute atomic E-state index is 0.0132. The summed E-state index contributed by atoms with van der Waals surface area (Å²) in [5.74, 6) is 0.0132. The number of amides is 1. The molecule has 0 spiro atoms. The van der Waals surface area contributed by atoms with E-state index >= 15 is 0 Å². The number of carbonyl (C=O) groups is 1. The van der Waals surface area contributed by atoms with E-state index in [2.05, 4.69) is 16.9 Å². The van der Waals surface area contributed by atoms with Crippen LogP contribution in [0.1, 0.15) is 0 Å². The van der Waals surface area contributed by atoms with Crippen molar-refractivity contribution < 1.29 is 4.79 Å². The molecule has 0 aromatic carbocycles. The summed E-state index contributed by atoms with van der Waals surface area (Å²) in [5.41, 5.74) is 0. The Balaban J connectivity index is 2.66. The molecule has 0 saturated heterocycles. The Morgan fingerprint density at radius 1 is 1.61 bits per heavy atom. The zero-order chi connectivity index (χ0) is 13.4. The number of nitrogens with one attached hydrogen (secondary N) is 1. The lowest BCUT2D eigenvalue weighted by Crippen LogP contribution is -2.38. The van der Waals surface area contributed by atoms with Crippen LogP contribution in [0.15, 0.2) is 42.1 Å². The van der Waals surface area contributed by atoms with Crippen molar-refractivity contribution in [2.24, 2.45) is 0 Å². The van der Waals surface area contributed by atoms with Gasteiger partial charge in [0.25, 0.3) is 0 Å². The van der Waals surface area contributed by atoms with Gasteiger partial charge in [-0.3, -0.25) is 4.79 Å². The maximum absolute atomic E-state index is 12.0. The van der Waals surface area contributed by atoms with Crippen molar-refractivity contribution in [3.05, 3.63) is 37.1 Å². The van der Waals surface area contributed by atoms with Gasteiger partial charge < -0.3 is 10.2 Å². The van der Waals surface area contributed by atoms with Crippen molar-refractivity contribution in [1.82, 2.24) is 15.2 Å². The van der Waals surface area contributed by atoms with E-state index in [-0.39, 0.29) is 11.2 Å². The number of aromatic nitrogens is 1. The SMILES string of the molecule is C=CCNC(=O)C(CN(C)C)Sc1ccccn1. The van der Waals surface area contributed by atoms with Crippen LogP contribution in [0.25, 0.3) is 0 Å². The van der Waals surface area contributed by atoms with Crippen molar-refractivity contribution in [2.75, 3.05) is 27.2 Å². The van der Waals surface area contributed by atoms with Crippen LogP contribution in [-0.2, 0) is 4.79 Å². The van der Waals surface area contributed by atoms with Crippen LogP contribution < -0.4 is 5.32 Å². The van der Waals surface area contributed by atoms with Crippen molar-refractivity contribution in [3.8, 4) is 0 Å². The van der Waals surface area contributed by atoms with Crippen LogP contribution in [0, 0.1) is 0 Å². The Bertz CT molecular complexity index is 381. The van der Waals surface area contributed by atoms with Gasteiger partial charge in [0.15, 0.2) is 0 Å². The molecule has 98 valence electrons. The highest BCUT2D eigenvalue weighted by molar-refractivity contribution is 8.00. The fourth-order valence-electron chi connectivity index (χ4n) is 1.35. The first-order valence-electron chi connectivity index (χ1n) is 5.74. The monoisotopic (exact) mass is 265 g/mol. The van der Waals surface area contributed by atoms with Gasteiger partial charge in [-0.05, 0) is 26.2 Å². The molecule has 18 heavy (non-hydrogen) atoms. The summed E-state index contributed by atoms with van der Waals surface area (Å²) in [6.45, 7) is 4.76. The highest BCUT2D eigenvalue weighted by Crippen LogP contribution is 2.21. The van der Waals surface area contributed by atoms with E-state index < -0.39 is 0 Å². The summed E-state index contributed by atoms with van der Waals surface area (Å²) in [4.78, 5) is 18.2. The lowest BCUT2D eigenvalue weighted by Gasteiger charge is -2.19. The smallest absolute Gasteiger partial charge is 0.235 e. The van der Waals surface area contributed by atoms with Gasteiger partial charge in [-0.25, -0.2) is 4.98 Å². The topological polar surface area (TPSA) is 45.2 Å². The molecule has 0 bridgehead atoms. The van der Waals surface area contributed by atoms with Crippen LogP contribution >= 0.6 is 11.8 Å². The summed E-state index contributed by atoms with van der Waals surface area (Å²) >= 11 is 1.48. The number of nitrogens with zero attached hydrogens (tertiary/aromatic N) is 2. The van der Waals surface area contributed by atoms with Crippen molar-refractivity contribution in [1.29, 1.82) is 0 Å². The fraction of sp³-hybridized carbons (Fsp3) is 0.385. The largest absolute Gasteiger partial charge is 0.352 e. The lowest BCUT2D eigenvalue weighted by molar-refractivity contribution is -0.120. The minimum atomic E-state index is -0.171. The van der Waals surface area contributed by atoms with E-state index in [1.54, 1.807) is 12.3 Å². The first-order valence-corrected chi connectivity index (χ1v) is 6.62. The standard InChI is InChI=1S/C13H19N3OS/c1-4-8-15-13(17)11(10-16(2)3)18-12-7-5-6-9-14-12/h4-7,9,11H,1,8,10H2,2-3H3,(H,15,17). The number of pyridine rings is 1. The van der Waals surface area contributed by atoms with E-state index in [4.69, 9.17) is 0 Å². The number of hydrogen-bond donors (Lipinski definition) is 1. The van der Waals surface area contributed by atoms with Crippen LogP contribution in [0.4, 0.5) is 0 Å². The van der Waals surface area contributed by atoms with Gasteiger partial charge in [0.1, 0.15) is 5.25 Å². The maximum Gasteiger partial charge on any atom is 0.235 e. The van der Waals surface area contributed by atoms with E-state index in [1.165, 1.54) is 11.8 Å². The molecule has 1 aromatic rings. The number of rotatable bonds is 7. The Labute approximate surface area is 112 Å². The van der Waals surface area contributed by atoms with Crippen molar-refractivity contribution in [2.45, 2.75) is 10.3 Å². The van der Waals surface area contributed by atoms with E-state index in [1.807, 2.05) is 37.2 Å². The second kappa shape index (κ2) is 7.89. The lowest BCUT2D eigenvalue weighted by atomic mass is 10.3. The fourth-order valence-corrected chi connectivity index (χ4v) is 2.49. The maximum atomic E-state index is 12.0. The molecule has 0 aliphatic heterocycles. The Kier molecular flexibility index (Phi) is 6.46. The highest BCUT2D eigenvalue weighted by Gasteiger charge is 2.20. The molecule has 1 rings (SSSR count). The minimum Gasteiger partial charge on any atom is -0.352 e. The van der Waals surface area contributed by atoms with Crippen LogP contribution in [0.2, 0.25) is 0 Å². The number of thioether (sulfide) groups is 1. The quantitative estimate of drug-likeness (QED) is 0.598. The molecule has 1 amide bonds. The molecule has 1 N–H and O–H groups in total. The van der Waals surface area contributed by atoms with Crippen molar-refractivity contribution in [3.63, 3.8) is 0 Å². The second-order valence-electron chi connectivity index (χ2n) is 4.07. The predicted octanol–water partition coefficient (Wildman–Crippen LogP) is 1.41. The van der Waals surface area contributed by atoms with Gasteiger partial charge in [-0.1, -0.05) is 23.9 Å².